The number of nitrogens with one attached hydrogen (secondary N) is 1. The summed E-state index contributed by atoms with van der Waals surface area (Å²) in [7, 11) is 0. The van der Waals surface area contributed by atoms with Gasteiger partial charge in [0.15, 0.2) is 0 Å². The Balaban J connectivity index is 2.55. The van der Waals surface area contributed by atoms with E-state index in [1.165, 1.54) is 19.3 Å². The van der Waals surface area contributed by atoms with Crippen LogP contribution in [0.1, 0.15) is 45.4 Å². The normalized spacial score (nSPS) is 22.6. The molecule has 0 aromatic heterocycles. The van der Waals surface area contributed by atoms with Crippen molar-refractivity contribution in [2.24, 2.45) is 0 Å². The zero-order chi connectivity index (χ0) is 10.4. The van der Waals surface area contributed by atoms with Gasteiger partial charge in [0.1, 0.15) is 0 Å². The lowest BCUT2D eigenvalue weighted by Gasteiger charge is -2.38. The molecule has 0 aromatic rings. The second-order valence-corrected chi connectivity index (χ2v) is 4.27. The van der Waals surface area contributed by atoms with Crippen LogP contribution in [0, 0.1) is 12.3 Å². The van der Waals surface area contributed by atoms with Crippen molar-refractivity contribution in [1.82, 2.24) is 5.32 Å². The number of terminal acetylenes is 1. The molecule has 2 heteroatoms. The third-order valence-corrected chi connectivity index (χ3v) is 3.20. The van der Waals surface area contributed by atoms with Gasteiger partial charge in [-0.05, 0) is 19.3 Å². The minimum atomic E-state index is -0.0920. The predicted octanol–water partition coefficient (Wildman–Crippen LogP) is 1.68. The van der Waals surface area contributed by atoms with E-state index in [1.807, 2.05) is 0 Å². The molecule has 0 spiro atoms. The van der Waals surface area contributed by atoms with E-state index in [1.54, 1.807) is 0 Å². The molecule has 0 heterocycles. The lowest BCUT2D eigenvalue weighted by Crippen LogP contribution is -2.53. The fourth-order valence-corrected chi connectivity index (χ4v) is 2.21. The monoisotopic (exact) mass is 195 g/mol. The van der Waals surface area contributed by atoms with Gasteiger partial charge >= 0.3 is 0 Å². The molecule has 0 saturated heterocycles. The van der Waals surface area contributed by atoms with Crippen molar-refractivity contribution >= 4 is 0 Å². The molecule has 1 aliphatic rings. The summed E-state index contributed by atoms with van der Waals surface area (Å²) >= 11 is 0. The smallest absolute Gasteiger partial charge is 0.0689 e. The first-order chi connectivity index (χ1) is 6.76. The molecule has 0 aliphatic heterocycles. The Labute approximate surface area is 87.1 Å². The number of rotatable bonds is 4. The third kappa shape index (κ3) is 2.73. The number of hydrogen-bond acceptors (Lipinski definition) is 2. The van der Waals surface area contributed by atoms with Crippen LogP contribution in [0.15, 0.2) is 0 Å². The highest BCUT2D eigenvalue weighted by Crippen LogP contribution is 2.28. The zero-order valence-corrected chi connectivity index (χ0v) is 9.05. The molecule has 0 bridgehead atoms. The summed E-state index contributed by atoms with van der Waals surface area (Å²) in [5, 5.41) is 12.9. The van der Waals surface area contributed by atoms with Gasteiger partial charge in [-0.3, -0.25) is 5.32 Å². The Morgan fingerprint density at radius 3 is 2.50 bits per heavy atom. The molecule has 0 amide bonds. The van der Waals surface area contributed by atoms with E-state index in [9.17, 15) is 5.11 Å². The van der Waals surface area contributed by atoms with Gasteiger partial charge in [0.2, 0.25) is 0 Å². The molecule has 1 aliphatic carbocycles. The van der Waals surface area contributed by atoms with Gasteiger partial charge in [-0.2, -0.15) is 0 Å². The van der Waals surface area contributed by atoms with Crippen LogP contribution in [0.3, 0.4) is 0 Å². The number of aliphatic hydroxyl groups excluding tert-OH is 1. The Bertz CT molecular complexity index is 201. The first-order valence-electron chi connectivity index (χ1n) is 5.61. The Kier molecular flexibility index (Phi) is 4.44. The molecule has 1 saturated carbocycles. The van der Waals surface area contributed by atoms with Gasteiger partial charge in [-0.25, -0.2) is 0 Å². The van der Waals surface area contributed by atoms with Gasteiger partial charge in [0.25, 0.3) is 0 Å². The molecule has 1 rings (SSSR count). The van der Waals surface area contributed by atoms with Crippen LogP contribution in [0.5, 0.6) is 0 Å². The van der Waals surface area contributed by atoms with E-state index in [4.69, 9.17) is 6.42 Å². The molecule has 1 unspecified atom stereocenters. The van der Waals surface area contributed by atoms with E-state index in [0.717, 1.165) is 19.3 Å². The van der Waals surface area contributed by atoms with Crippen molar-refractivity contribution < 1.29 is 5.11 Å². The largest absolute Gasteiger partial charge is 0.394 e. The van der Waals surface area contributed by atoms with E-state index < -0.39 is 0 Å². The Morgan fingerprint density at radius 1 is 1.43 bits per heavy atom. The van der Waals surface area contributed by atoms with E-state index in [0.29, 0.717) is 0 Å². The maximum absolute atomic E-state index is 9.45. The summed E-state index contributed by atoms with van der Waals surface area (Å²) in [4.78, 5) is 0. The van der Waals surface area contributed by atoms with Crippen molar-refractivity contribution in [3.63, 3.8) is 0 Å². The molecule has 80 valence electrons. The van der Waals surface area contributed by atoms with Crippen molar-refractivity contribution in [1.29, 1.82) is 0 Å². The summed E-state index contributed by atoms with van der Waals surface area (Å²) in [6, 6.07) is 0.111. The Morgan fingerprint density at radius 2 is 2.07 bits per heavy atom. The van der Waals surface area contributed by atoms with Crippen LogP contribution in [-0.2, 0) is 0 Å². The fraction of sp³-hybridized carbons (Fsp3) is 0.833. The Hall–Kier alpha value is -0.520. The van der Waals surface area contributed by atoms with E-state index in [-0.39, 0.29) is 18.2 Å². The summed E-state index contributed by atoms with van der Waals surface area (Å²) < 4.78 is 0. The molecular weight excluding hydrogens is 174 g/mol. The SMILES string of the molecule is C#CC(CC)NC1(CO)CCCCC1. The molecule has 0 radical (unpaired) electrons. The maximum atomic E-state index is 9.45. The summed E-state index contributed by atoms with van der Waals surface area (Å²) in [5.74, 6) is 2.74. The topological polar surface area (TPSA) is 32.3 Å². The van der Waals surface area contributed by atoms with Crippen molar-refractivity contribution in [2.45, 2.75) is 57.0 Å². The first kappa shape index (κ1) is 11.6. The van der Waals surface area contributed by atoms with Crippen LogP contribution in [0.2, 0.25) is 0 Å². The molecule has 1 fully saturated rings. The second kappa shape index (κ2) is 5.38. The first-order valence-corrected chi connectivity index (χ1v) is 5.61. The number of aliphatic hydroxyl groups is 1. The summed E-state index contributed by atoms with van der Waals surface area (Å²) in [5.41, 5.74) is -0.0920. The van der Waals surface area contributed by atoms with Crippen LogP contribution >= 0.6 is 0 Å². The fourth-order valence-electron chi connectivity index (χ4n) is 2.21. The molecule has 14 heavy (non-hydrogen) atoms. The van der Waals surface area contributed by atoms with Gasteiger partial charge in [0, 0.05) is 5.54 Å². The molecule has 2 nitrogen and oxygen atoms in total. The van der Waals surface area contributed by atoms with Crippen LogP contribution in [0.4, 0.5) is 0 Å². The minimum absolute atomic E-state index is 0.0920. The standard InChI is InChI=1S/C12H21NO/c1-3-11(4-2)13-12(10-14)8-6-5-7-9-12/h1,11,13-14H,4-10H2,2H3. The summed E-state index contributed by atoms with van der Waals surface area (Å²) in [6.45, 7) is 2.29. The lowest BCUT2D eigenvalue weighted by atomic mass is 9.81. The lowest BCUT2D eigenvalue weighted by molar-refractivity contribution is 0.114. The van der Waals surface area contributed by atoms with Gasteiger partial charge in [0.05, 0.1) is 12.6 Å². The van der Waals surface area contributed by atoms with Gasteiger partial charge < -0.3 is 5.11 Å². The van der Waals surface area contributed by atoms with E-state index in [2.05, 4.69) is 18.2 Å². The van der Waals surface area contributed by atoms with Crippen molar-refractivity contribution in [2.75, 3.05) is 6.61 Å². The highest BCUT2D eigenvalue weighted by Gasteiger charge is 2.32. The van der Waals surface area contributed by atoms with Crippen molar-refractivity contribution in [3.05, 3.63) is 0 Å². The van der Waals surface area contributed by atoms with Gasteiger partial charge in [-0.15, -0.1) is 6.42 Å². The second-order valence-electron chi connectivity index (χ2n) is 4.27. The van der Waals surface area contributed by atoms with Crippen LogP contribution in [-0.4, -0.2) is 23.3 Å². The third-order valence-electron chi connectivity index (χ3n) is 3.20. The molecule has 0 aromatic carbocycles. The minimum Gasteiger partial charge on any atom is -0.394 e. The average molecular weight is 195 g/mol. The quantitative estimate of drug-likeness (QED) is 0.669. The van der Waals surface area contributed by atoms with Gasteiger partial charge in [-0.1, -0.05) is 32.1 Å². The molecule has 1 atom stereocenters. The predicted molar refractivity (Wildman–Crippen MR) is 58.9 cm³/mol. The highest BCUT2D eigenvalue weighted by molar-refractivity contribution is 5.03. The van der Waals surface area contributed by atoms with Crippen molar-refractivity contribution in [3.8, 4) is 12.3 Å². The summed E-state index contributed by atoms with van der Waals surface area (Å²) in [6.07, 6.45) is 12.2. The maximum Gasteiger partial charge on any atom is 0.0689 e. The molecular formula is C12H21NO. The average Bonchev–Trinajstić information content (AvgIpc) is 2.27. The van der Waals surface area contributed by atoms with E-state index >= 15 is 0 Å². The van der Waals surface area contributed by atoms with Crippen LogP contribution in [0.25, 0.3) is 0 Å². The number of hydrogen-bond donors (Lipinski definition) is 2. The molecule has 2 N–H and O–H groups in total. The highest BCUT2D eigenvalue weighted by atomic mass is 16.3. The van der Waals surface area contributed by atoms with Crippen LogP contribution < -0.4 is 5.32 Å². The zero-order valence-electron chi connectivity index (χ0n) is 9.05.